The first-order valence-corrected chi connectivity index (χ1v) is 13.6. The van der Waals surface area contributed by atoms with Crippen molar-refractivity contribution >= 4 is 80.7 Å². The number of thioether (sulfide) groups is 1. The number of ether oxygens (including phenoxy) is 4. The molecule has 2 aliphatic heterocycles. The summed E-state index contributed by atoms with van der Waals surface area (Å²) in [6.07, 6.45) is 1.58. The van der Waals surface area contributed by atoms with Gasteiger partial charge < -0.3 is 18.9 Å². The van der Waals surface area contributed by atoms with Crippen LogP contribution in [0, 0.1) is 3.57 Å². The van der Waals surface area contributed by atoms with Gasteiger partial charge >= 0.3 is 5.97 Å². The van der Waals surface area contributed by atoms with Gasteiger partial charge in [-0.3, -0.25) is 14.5 Å². The zero-order valence-corrected chi connectivity index (χ0v) is 23.9. The molecule has 12 heteroatoms. The van der Waals surface area contributed by atoms with E-state index >= 15 is 0 Å². The van der Waals surface area contributed by atoms with E-state index in [2.05, 4.69) is 0 Å². The van der Waals surface area contributed by atoms with E-state index in [0.29, 0.717) is 41.8 Å². The molecular weight excluding hydrogens is 668 g/mol. The molecule has 1 saturated heterocycles. The van der Waals surface area contributed by atoms with Gasteiger partial charge in [-0.15, -0.1) is 0 Å². The van der Waals surface area contributed by atoms with Gasteiger partial charge in [0.25, 0.3) is 11.1 Å². The molecule has 0 radical (unpaired) electrons. The highest BCUT2D eigenvalue weighted by Gasteiger charge is 2.36. The normalized spacial score (nSPS) is 15.4. The number of hydrogen-bond donors (Lipinski definition) is 0. The average molecular weight is 684 g/mol. The van der Waals surface area contributed by atoms with Crippen LogP contribution in [0.1, 0.15) is 21.5 Å². The topological polar surface area (TPSA) is 91.4 Å². The fourth-order valence-electron chi connectivity index (χ4n) is 3.70. The zero-order chi connectivity index (χ0) is 27.0. The van der Waals surface area contributed by atoms with Crippen molar-refractivity contribution in [3.8, 4) is 23.0 Å². The third kappa shape index (κ3) is 5.44. The Labute approximate surface area is 244 Å². The number of esters is 1. The lowest BCUT2D eigenvalue weighted by Gasteiger charge is -2.14. The van der Waals surface area contributed by atoms with E-state index in [4.69, 9.17) is 42.1 Å². The van der Waals surface area contributed by atoms with Crippen LogP contribution in [0.25, 0.3) is 6.08 Å². The number of carbonyl (C=O) groups is 3. The van der Waals surface area contributed by atoms with Gasteiger partial charge in [-0.25, -0.2) is 4.79 Å². The minimum absolute atomic E-state index is 0.0159. The number of amides is 2. The molecule has 3 aromatic carbocycles. The smallest absolute Gasteiger partial charge is 0.343 e. The summed E-state index contributed by atoms with van der Waals surface area (Å²) in [7, 11) is 1.44. The Balaban J connectivity index is 1.36. The van der Waals surface area contributed by atoms with Crippen LogP contribution in [-0.2, 0) is 11.3 Å². The lowest BCUT2D eigenvalue weighted by Crippen LogP contribution is -2.27. The Bertz CT molecular complexity index is 1510. The van der Waals surface area contributed by atoms with Gasteiger partial charge in [-0.1, -0.05) is 23.2 Å². The van der Waals surface area contributed by atoms with Crippen LogP contribution in [0.3, 0.4) is 0 Å². The molecule has 2 amide bonds. The van der Waals surface area contributed by atoms with Gasteiger partial charge in [0, 0.05) is 16.1 Å². The van der Waals surface area contributed by atoms with E-state index in [0.717, 1.165) is 16.7 Å². The van der Waals surface area contributed by atoms with Crippen LogP contribution in [0.2, 0.25) is 10.0 Å². The molecule has 194 valence electrons. The molecule has 8 nitrogen and oxygen atoms in total. The van der Waals surface area contributed by atoms with E-state index in [-0.39, 0.29) is 29.7 Å². The Hall–Kier alpha value is -2.93. The Morgan fingerprint density at radius 3 is 2.53 bits per heavy atom. The van der Waals surface area contributed by atoms with Crippen molar-refractivity contribution in [3.63, 3.8) is 0 Å². The molecule has 0 aromatic heterocycles. The summed E-state index contributed by atoms with van der Waals surface area (Å²) in [6, 6.07) is 12.9. The molecule has 1 fully saturated rings. The number of fused-ring (bicyclic) bond motifs is 1. The van der Waals surface area contributed by atoms with Crippen molar-refractivity contribution in [2.45, 2.75) is 6.54 Å². The van der Waals surface area contributed by atoms with E-state index in [1.807, 2.05) is 22.6 Å². The highest BCUT2D eigenvalue weighted by molar-refractivity contribution is 14.1. The minimum atomic E-state index is -0.575. The molecule has 0 unspecified atom stereocenters. The van der Waals surface area contributed by atoms with Gasteiger partial charge in [0.05, 0.1) is 27.7 Å². The van der Waals surface area contributed by atoms with Crippen LogP contribution < -0.4 is 18.9 Å². The average Bonchev–Trinajstić information content (AvgIpc) is 3.44. The van der Waals surface area contributed by atoms with E-state index in [1.165, 1.54) is 7.11 Å². The summed E-state index contributed by atoms with van der Waals surface area (Å²) < 4.78 is 22.3. The predicted molar refractivity (Wildman–Crippen MR) is 151 cm³/mol. The maximum absolute atomic E-state index is 13.1. The standard InChI is InChI=1S/C26H16Cl2INO7S/c1-34-21-7-13(6-18(29)23(21)37-25(32)14-2-4-16(27)5-3-14)8-22-24(31)30(26(33)38-22)11-15-9-19-20(10-17(15)28)36-12-35-19/h2-10H,11-12H2,1H3/b22-8-. The molecule has 0 aliphatic carbocycles. The fourth-order valence-corrected chi connectivity index (χ4v) is 5.61. The van der Waals surface area contributed by atoms with Crippen molar-refractivity contribution in [3.05, 3.63) is 83.7 Å². The predicted octanol–water partition coefficient (Wildman–Crippen LogP) is 6.79. The molecule has 0 atom stereocenters. The summed E-state index contributed by atoms with van der Waals surface area (Å²) in [6.45, 7) is 0.0682. The van der Waals surface area contributed by atoms with E-state index in [1.54, 1.807) is 54.6 Å². The Morgan fingerprint density at radius 2 is 1.82 bits per heavy atom. The summed E-state index contributed by atoms with van der Waals surface area (Å²) in [5.41, 5.74) is 1.47. The van der Waals surface area contributed by atoms with Crippen LogP contribution in [0.5, 0.6) is 23.0 Å². The Morgan fingerprint density at radius 1 is 1.11 bits per heavy atom. The SMILES string of the molecule is COc1cc(/C=C2\SC(=O)N(Cc3cc4c(cc3Cl)OCO4)C2=O)cc(I)c1OC(=O)c1ccc(Cl)cc1. The summed E-state index contributed by atoms with van der Waals surface area (Å²) in [5.74, 6) is 0.506. The van der Waals surface area contributed by atoms with Crippen molar-refractivity contribution in [1.29, 1.82) is 0 Å². The first kappa shape index (κ1) is 26.7. The largest absolute Gasteiger partial charge is 0.493 e. The van der Waals surface area contributed by atoms with Gasteiger partial charge in [0.1, 0.15) is 0 Å². The van der Waals surface area contributed by atoms with E-state index in [9.17, 15) is 14.4 Å². The van der Waals surface area contributed by atoms with Gasteiger partial charge in [0.2, 0.25) is 6.79 Å². The minimum Gasteiger partial charge on any atom is -0.493 e. The number of methoxy groups -OCH3 is 1. The molecule has 2 heterocycles. The molecule has 2 aliphatic rings. The lowest BCUT2D eigenvalue weighted by molar-refractivity contribution is -0.123. The van der Waals surface area contributed by atoms with Crippen molar-refractivity contribution in [2.24, 2.45) is 0 Å². The van der Waals surface area contributed by atoms with Crippen molar-refractivity contribution in [2.75, 3.05) is 13.9 Å². The fraction of sp³-hybridized carbons (Fsp3) is 0.115. The number of hydrogen-bond acceptors (Lipinski definition) is 8. The number of nitrogens with zero attached hydrogens (tertiary/aromatic N) is 1. The number of halogens is 3. The zero-order valence-electron chi connectivity index (χ0n) is 19.5. The van der Waals surface area contributed by atoms with Gasteiger partial charge in [0.15, 0.2) is 23.0 Å². The number of benzene rings is 3. The number of carbonyl (C=O) groups excluding carboxylic acids is 3. The highest BCUT2D eigenvalue weighted by atomic mass is 127. The second-order valence-electron chi connectivity index (χ2n) is 8.00. The summed E-state index contributed by atoms with van der Waals surface area (Å²) in [4.78, 5) is 39.8. The second-order valence-corrected chi connectivity index (χ2v) is 11.0. The summed E-state index contributed by atoms with van der Waals surface area (Å²) >= 11 is 15.1. The third-order valence-electron chi connectivity index (χ3n) is 5.57. The van der Waals surface area contributed by atoms with Gasteiger partial charge in [-0.2, -0.15) is 0 Å². The second kappa shape index (κ2) is 11.0. The lowest BCUT2D eigenvalue weighted by atomic mass is 10.1. The summed E-state index contributed by atoms with van der Waals surface area (Å²) in [5, 5.41) is 0.437. The van der Waals surface area contributed by atoms with Crippen LogP contribution in [0.15, 0.2) is 53.4 Å². The molecule has 0 bridgehead atoms. The van der Waals surface area contributed by atoms with Gasteiger partial charge in [-0.05, 0) is 94.0 Å². The van der Waals surface area contributed by atoms with Crippen LogP contribution >= 0.6 is 57.6 Å². The molecule has 3 aromatic rings. The van der Waals surface area contributed by atoms with Crippen molar-refractivity contribution < 1.29 is 33.3 Å². The first-order valence-electron chi connectivity index (χ1n) is 10.9. The molecule has 0 N–H and O–H groups in total. The molecule has 0 saturated carbocycles. The van der Waals surface area contributed by atoms with Crippen LogP contribution in [0.4, 0.5) is 4.79 Å². The maximum Gasteiger partial charge on any atom is 0.343 e. The Kier molecular flexibility index (Phi) is 7.75. The third-order valence-corrected chi connectivity index (χ3v) is 7.88. The van der Waals surface area contributed by atoms with E-state index < -0.39 is 17.1 Å². The first-order chi connectivity index (χ1) is 18.2. The van der Waals surface area contributed by atoms with Crippen LogP contribution in [-0.4, -0.2) is 35.9 Å². The number of imide groups is 1. The number of rotatable bonds is 6. The maximum atomic E-state index is 13.1. The molecule has 0 spiro atoms. The monoisotopic (exact) mass is 683 g/mol. The van der Waals surface area contributed by atoms with Crippen molar-refractivity contribution in [1.82, 2.24) is 4.90 Å². The highest BCUT2D eigenvalue weighted by Crippen LogP contribution is 2.40. The molecular formula is C26H16Cl2INO7S. The quantitative estimate of drug-likeness (QED) is 0.121. The molecule has 38 heavy (non-hydrogen) atoms. The molecule has 5 rings (SSSR count).